The van der Waals surface area contributed by atoms with Crippen LogP contribution in [0.15, 0.2) is 121 Å². The number of ether oxygens (including phenoxy) is 1. The second-order valence-electron chi connectivity index (χ2n) is 16.4. The number of carbonyl (C=O) groups is 1. The molecule has 3 nitrogen and oxygen atoms in total. The third-order valence-corrected chi connectivity index (χ3v) is 12.2. The van der Waals surface area contributed by atoms with Gasteiger partial charge in [-0.3, -0.25) is 0 Å². The third-order valence-electron chi connectivity index (χ3n) is 12.2. The van der Waals surface area contributed by atoms with Crippen molar-refractivity contribution in [2.45, 2.75) is 6.54 Å². The highest BCUT2D eigenvalue weighted by Crippen LogP contribution is 2.31. The van der Waals surface area contributed by atoms with Crippen LogP contribution < -0.4 is 31.2 Å². The maximum Gasteiger partial charge on any atom is 0.409 e. The van der Waals surface area contributed by atoms with E-state index in [0.29, 0.717) is 18.0 Å². The number of benzene rings is 8. The number of fused-ring (bicyclic) bond motifs is 1. The molecule has 9 rings (SSSR count). The Morgan fingerprint density at radius 1 is 0.351 bits per heavy atom. The maximum absolute atomic E-state index is 15.4. The molecule has 0 bridgehead atoms. The van der Waals surface area contributed by atoms with Crippen LogP contribution in [0.1, 0.15) is 16.1 Å². The van der Waals surface area contributed by atoms with Crippen molar-refractivity contribution in [1.29, 1.82) is 0 Å². The summed E-state index contributed by atoms with van der Waals surface area (Å²) in [5.41, 5.74) is -10.5. The van der Waals surface area contributed by atoms with E-state index in [2.05, 4.69) is 24.3 Å². The molecule has 9 aromatic rings. The van der Waals surface area contributed by atoms with Crippen molar-refractivity contribution in [1.82, 2.24) is 0 Å². The Kier molecular flexibility index (Phi) is 15.0. The van der Waals surface area contributed by atoms with E-state index < -0.39 is 144 Å². The van der Waals surface area contributed by atoms with E-state index in [-0.39, 0.29) is 5.97 Å². The molecular weight excluding hydrogens is 1070 g/mol. The van der Waals surface area contributed by atoms with E-state index in [1.54, 1.807) is 0 Å². The van der Waals surface area contributed by atoms with Gasteiger partial charge in [-0.25, -0.2) is 92.6 Å². The zero-order valence-electron chi connectivity index (χ0n) is 37.7. The molecule has 0 aliphatic carbocycles. The summed E-state index contributed by atoms with van der Waals surface area (Å²) < 4.78 is 302. The Labute approximate surface area is 418 Å². The number of carbonyl (C=O) groups excluding carboxylic acids is 1. The van der Waals surface area contributed by atoms with E-state index in [0.717, 1.165) is 27.5 Å². The summed E-state index contributed by atoms with van der Waals surface area (Å²) in [6, 6.07) is 37.8. The van der Waals surface area contributed by atoms with Crippen molar-refractivity contribution in [2.24, 2.45) is 0 Å². The van der Waals surface area contributed by atoms with E-state index >= 15 is 35.1 Å². The maximum atomic E-state index is 15.4. The van der Waals surface area contributed by atoms with Crippen LogP contribution in [0.3, 0.4) is 0 Å². The lowest BCUT2D eigenvalue weighted by Crippen LogP contribution is -2.81. The Hall–Kier alpha value is -8.70. The number of hydrogen-bond acceptors (Lipinski definition) is 2. The summed E-state index contributed by atoms with van der Waals surface area (Å²) in [6.07, 6.45) is -5.27. The van der Waals surface area contributed by atoms with Crippen LogP contribution in [-0.2, 0) is 6.54 Å². The number of aromatic nitrogens is 1. The van der Waals surface area contributed by atoms with Gasteiger partial charge in [-0.15, -0.1) is 21.9 Å². The zero-order valence-corrected chi connectivity index (χ0v) is 37.7. The lowest BCUT2D eigenvalue weighted by atomic mass is 9.12. The number of hydrogen-bond donors (Lipinski definition) is 0. The van der Waals surface area contributed by atoms with Gasteiger partial charge in [0.15, 0.2) is 82.5 Å². The molecule has 8 aromatic carbocycles. The largest absolute Gasteiger partial charge is 0.419 e. The Balaban J connectivity index is 0.000000215. The Morgan fingerprint density at radius 2 is 0.662 bits per heavy atom. The van der Waals surface area contributed by atoms with E-state index in [1.807, 2.05) is 102 Å². The molecule has 0 saturated heterocycles. The Bertz CT molecular complexity index is 3450. The van der Waals surface area contributed by atoms with Gasteiger partial charge in [0.25, 0.3) is 5.69 Å². The number of rotatable bonds is 9. The molecule has 0 unspecified atom stereocenters. The second-order valence-corrected chi connectivity index (χ2v) is 16.4. The Morgan fingerprint density at radius 3 is 1.04 bits per heavy atom. The standard InChI is InChI=1S/C29H22NO2.C24BF20/c31-29(32-26-17-15-24(16-18-26)23-11-5-2-6-12-23)28-27-14-8-7-13-25(27)19-20-30(28)21-22-9-3-1-4-10-22;26-5-1(6(27)14(35)21(42)13(5)34)25(2-7(28)15(36)22(43)16(37)8(2)29,3-9(30)17(38)23(44)18(39)10(3)31)4-11(32)19(40)24(45)20(41)12(4)33/h1-20H,21H2;/q+1;-1. The third kappa shape index (κ3) is 9.13. The van der Waals surface area contributed by atoms with Crippen LogP contribution in [0.25, 0.3) is 21.9 Å². The molecule has 394 valence electrons. The fourth-order valence-electron chi connectivity index (χ4n) is 8.77. The minimum atomic E-state index is -7.22. The van der Waals surface area contributed by atoms with Crippen LogP contribution >= 0.6 is 0 Å². The molecule has 0 spiro atoms. The van der Waals surface area contributed by atoms with Gasteiger partial charge in [0, 0.05) is 11.6 Å². The monoisotopic (exact) mass is 1100 g/mol. The van der Waals surface area contributed by atoms with Gasteiger partial charge >= 0.3 is 5.97 Å². The number of nitrogens with zero attached hydrogens (tertiary/aromatic N) is 1. The van der Waals surface area contributed by atoms with Gasteiger partial charge in [0.05, 0.1) is 5.39 Å². The van der Waals surface area contributed by atoms with E-state index in [1.165, 1.54) is 0 Å². The molecule has 24 heteroatoms. The minimum Gasteiger partial charge on any atom is -0.419 e. The lowest BCUT2D eigenvalue weighted by molar-refractivity contribution is -0.689. The molecule has 77 heavy (non-hydrogen) atoms. The van der Waals surface area contributed by atoms with Crippen LogP contribution in [0.2, 0.25) is 0 Å². The predicted octanol–water partition coefficient (Wildman–Crippen LogP) is 11.9. The van der Waals surface area contributed by atoms with Crippen LogP contribution in [0.4, 0.5) is 87.8 Å². The molecule has 0 amide bonds. The first-order chi connectivity index (χ1) is 36.5. The SMILES string of the molecule is Fc1c(F)c(F)c([B-](c2c(F)c(F)c(F)c(F)c2F)(c2c(F)c(F)c(F)c(F)c2F)c2c(F)c(F)c(F)c(F)c2F)c(F)c1F.O=C(Oc1ccc(-c2ccccc2)cc1)c1c2ccccc2cc[n+]1Cc1ccccc1. The van der Waals surface area contributed by atoms with Crippen LogP contribution in [0.5, 0.6) is 5.75 Å². The minimum absolute atomic E-state index is 0.370. The summed E-state index contributed by atoms with van der Waals surface area (Å²) in [4.78, 5) is 13.4. The quantitative estimate of drug-likeness (QED) is 0.0274. The van der Waals surface area contributed by atoms with E-state index in [4.69, 9.17) is 4.74 Å². The average molecular weight is 1100 g/mol. The molecule has 0 radical (unpaired) electrons. The lowest BCUT2D eigenvalue weighted by Gasteiger charge is -2.44. The summed E-state index contributed by atoms with van der Waals surface area (Å²) in [5, 5.41) is 1.88. The molecule has 0 atom stereocenters. The molecule has 1 heterocycles. The summed E-state index contributed by atoms with van der Waals surface area (Å²) in [7, 11) is 0. The molecule has 0 saturated carbocycles. The van der Waals surface area contributed by atoms with Crippen LogP contribution in [0, 0.1) is 116 Å². The summed E-state index contributed by atoms with van der Waals surface area (Å²) in [6.45, 7) is 0.586. The van der Waals surface area contributed by atoms with E-state index in [9.17, 15) is 57.5 Å². The predicted molar refractivity (Wildman–Crippen MR) is 236 cm³/mol. The van der Waals surface area contributed by atoms with Crippen molar-refractivity contribution in [3.63, 3.8) is 0 Å². The highest BCUT2D eigenvalue weighted by Gasteiger charge is 2.52. The first-order valence-electron chi connectivity index (χ1n) is 21.5. The number of halogens is 20. The van der Waals surface area contributed by atoms with Gasteiger partial charge in [0.1, 0.15) is 58.4 Å². The summed E-state index contributed by atoms with van der Waals surface area (Å²) in [5.74, 6) is -71.3. The molecule has 0 aliphatic rings. The van der Waals surface area contributed by atoms with Crippen molar-refractivity contribution >= 4 is 44.7 Å². The van der Waals surface area contributed by atoms with Gasteiger partial charge in [-0.05, 0) is 34.7 Å². The van der Waals surface area contributed by atoms with Gasteiger partial charge in [-0.1, -0.05) is 91.0 Å². The summed E-state index contributed by atoms with van der Waals surface area (Å²) >= 11 is 0. The van der Waals surface area contributed by atoms with Gasteiger partial charge in [0.2, 0.25) is 0 Å². The zero-order chi connectivity index (χ0) is 56.1. The van der Waals surface area contributed by atoms with Crippen LogP contribution in [-0.4, -0.2) is 12.1 Å². The van der Waals surface area contributed by atoms with Gasteiger partial charge in [-0.2, -0.15) is 4.57 Å². The fraction of sp³-hybridized carbons (Fsp3) is 0.0189. The van der Waals surface area contributed by atoms with Crippen molar-refractivity contribution in [3.05, 3.63) is 249 Å². The highest BCUT2D eigenvalue weighted by atomic mass is 19.2. The molecule has 0 aliphatic heterocycles. The van der Waals surface area contributed by atoms with Gasteiger partial charge < -0.3 is 4.74 Å². The molecule has 0 N–H and O–H groups in total. The topological polar surface area (TPSA) is 30.2 Å². The van der Waals surface area contributed by atoms with Crippen molar-refractivity contribution in [2.75, 3.05) is 0 Å². The molecular formula is C53H22BF20NO2. The first-order valence-corrected chi connectivity index (χ1v) is 21.5. The molecule has 0 fully saturated rings. The number of esters is 1. The smallest absolute Gasteiger partial charge is 0.409 e. The first kappa shape index (κ1) is 54.6. The normalized spacial score (nSPS) is 11.5. The molecule has 1 aromatic heterocycles. The number of pyridine rings is 1. The van der Waals surface area contributed by atoms with Crippen molar-refractivity contribution < 1.29 is 102 Å². The highest BCUT2D eigenvalue weighted by molar-refractivity contribution is 7.20. The fourth-order valence-corrected chi connectivity index (χ4v) is 8.77. The second kappa shape index (κ2) is 21.1. The van der Waals surface area contributed by atoms with Crippen molar-refractivity contribution in [3.8, 4) is 16.9 Å². The average Bonchev–Trinajstić information content (AvgIpc) is 3.43.